The van der Waals surface area contributed by atoms with Gasteiger partial charge in [-0.2, -0.15) is 0 Å². The minimum absolute atomic E-state index is 0.201. The summed E-state index contributed by atoms with van der Waals surface area (Å²) in [4.78, 5) is 30.0. The van der Waals surface area contributed by atoms with Crippen LogP contribution in [0.25, 0.3) is 16.5 Å². The van der Waals surface area contributed by atoms with Crippen molar-refractivity contribution in [3.8, 4) is 0 Å². The summed E-state index contributed by atoms with van der Waals surface area (Å²) in [5.74, 6) is 0. The maximum atomic E-state index is 12.6. The zero-order chi connectivity index (χ0) is 20.2. The monoisotopic (exact) mass is 389 g/mol. The molecule has 1 aromatic heterocycles. The fourth-order valence-corrected chi connectivity index (χ4v) is 3.95. The van der Waals surface area contributed by atoms with Crippen LogP contribution in [0.3, 0.4) is 0 Å². The number of aromatic nitrogens is 2. The maximum Gasteiger partial charge on any atom is 0.328 e. The molecule has 0 saturated heterocycles. The molecule has 0 radical (unpaired) electrons. The molecule has 1 N–H and O–H groups in total. The molecule has 5 nitrogen and oxygen atoms in total. The van der Waals surface area contributed by atoms with Gasteiger partial charge < -0.3 is 4.98 Å². The summed E-state index contributed by atoms with van der Waals surface area (Å²) >= 11 is 0. The van der Waals surface area contributed by atoms with E-state index in [9.17, 15) is 9.59 Å². The van der Waals surface area contributed by atoms with Gasteiger partial charge in [-0.25, -0.2) is 4.79 Å². The molecule has 4 rings (SSSR count). The molecule has 1 aliphatic rings. The summed E-state index contributed by atoms with van der Waals surface area (Å²) in [6, 6.07) is 15.9. The van der Waals surface area contributed by atoms with Crippen LogP contribution < -0.4 is 11.2 Å². The third kappa shape index (κ3) is 4.40. The summed E-state index contributed by atoms with van der Waals surface area (Å²) in [5, 5.41) is 0.567. The van der Waals surface area contributed by atoms with E-state index in [1.807, 2.05) is 12.1 Å². The lowest BCUT2D eigenvalue weighted by Crippen LogP contribution is -2.35. The van der Waals surface area contributed by atoms with Gasteiger partial charge in [-0.05, 0) is 56.0 Å². The van der Waals surface area contributed by atoms with E-state index in [4.69, 9.17) is 0 Å². The van der Waals surface area contributed by atoms with Crippen LogP contribution in [0, 0.1) is 6.92 Å². The Balaban J connectivity index is 1.31. The number of aryl methyl sites for hydroxylation is 1. The molecule has 0 atom stereocenters. The van der Waals surface area contributed by atoms with E-state index in [-0.39, 0.29) is 11.2 Å². The van der Waals surface area contributed by atoms with E-state index in [1.54, 1.807) is 12.1 Å². The molecule has 0 saturated carbocycles. The summed E-state index contributed by atoms with van der Waals surface area (Å²) < 4.78 is 1.33. The third-order valence-electron chi connectivity index (χ3n) is 5.71. The molecule has 0 fully saturated rings. The molecule has 1 aliphatic heterocycles. The van der Waals surface area contributed by atoms with Crippen LogP contribution in [0.15, 0.2) is 64.2 Å². The number of aromatic amines is 1. The van der Waals surface area contributed by atoms with Gasteiger partial charge in [0.25, 0.3) is 5.56 Å². The van der Waals surface area contributed by atoms with Crippen molar-refractivity contribution in [2.75, 3.05) is 19.6 Å². The number of fused-ring (bicyclic) bond motifs is 1. The van der Waals surface area contributed by atoms with E-state index in [0.717, 1.165) is 38.9 Å². The Morgan fingerprint density at radius 2 is 1.72 bits per heavy atom. The quantitative estimate of drug-likeness (QED) is 0.656. The van der Waals surface area contributed by atoms with Gasteiger partial charge in [0.1, 0.15) is 0 Å². The lowest BCUT2D eigenvalue weighted by atomic mass is 9.98. The molecule has 2 aromatic carbocycles. The van der Waals surface area contributed by atoms with Crippen molar-refractivity contribution in [2.24, 2.45) is 0 Å². The van der Waals surface area contributed by atoms with E-state index in [0.29, 0.717) is 17.4 Å². The number of hydrogen-bond donors (Lipinski definition) is 1. The van der Waals surface area contributed by atoms with Gasteiger partial charge >= 0.3 is 5.69 Å². The second kappa shape index (κ2) is 8.62. The predicted octanol–water partition coefficient (Wildman–Crippen LogP) is 3.57. The highest BCUT2D eigenvalue weighted by atomic mass is 16.2. The number of hydrogen-bond acceptors (Lipinski definition) is 3. The minimum Gasteiger partial charge on any atom is -0.307 e. The molecule has 29 heavy (non-hydrogen) atoms. The lowest BCUT2D eigenvalue weighted by molar-refractivity contribution is 0.292. The molecule has 0 bridgehead atoms. The molecule has 0 amide bonds. The maximum absolute atomic E-state index is 12.6. The molecule has 0 spiro atoms. The first-order valence-corrected chi connectivity index (χ1v) is 10.3. The topological polar surface area (TPSA) is 58.1 Å². The van der Waals surface area contributed by atoms with Gasteiger partial charge in [0.2, 0.25) is 0 Å². The molecule has 0 aliphatic carbocycles. The highest BCUT2D eigenvalue weighted by molar-refractivity contribution is 5.76. The summed E-state index contributed by atoms with van der Waals surface area (Å²) in [6.45, 7) is 5.56. The molecular weight excluding hydrogens is 362 g/mol. The number of nitrogens with one attached hydrogen (secondary N) is 1. The van der Waals surface area contributed by atoms with Gasteiger partial charge in [-0.15, -0.1) is 0 Å². The Kier molecular flexibility index (Phi) is 5.76. The van der Waals surface area contributed by atoms with Gasteiger partial charge in [0.05, 0.1) is 10.9 Å². The Morgan fingerprint density at radius 3 is 2.48 bits per heavy atom. The van der Waals surface area contributed by atoms with Crippen molar-refractivity contribution in [1.82, 2.24) is 14.5 Å². The number of unbranched alkanes of at least 4 members (excludes halogenated alkanes) is 1. The van der Waals surface area contributed by atoms with Crippen LogP contribution in [0.5, 0.6) is 0 Å². The summed E-state index contributed by atoms with van der Waals surface area (Å²) in [5.41, 5.74) is 4.12. The first-order chi connectivity index (χ1) is 14.1. The average molecular weight is 389 g/mol. The van der Waals surface area contributed by atoms with Crippen LogP contribution >= 0.6 is 0 Å². The zero-order valence-corrected chi connectivity index (χ0v) is 16.9. The molecule has 0 unspecified atom stereocenters. The molecule has 150 valence electrons. The van der Waals surface area contributed by atoms with Crippen LogP contribution in [0.4, 0.5) is 0 Å². The van der Waals surface area contributed by atoms with Crippen molar-refractivity contribution in [3.05, 3.63) is 86.6 Å². The molecule has 2 heterocycles. The average Bonchev–Trinajstić information content (AvgIpc) is 2.74. The Bertz CT molecular complexity index is 1140. The van der Waals surface area contributed by atoms with E-state index in [1.165, 1.54) is 21.3 Å². The normalized spacial score (nSPS) is 14.9. The fraction of sp³-hybridized carbons (Fsp3) is 0.333. The summed E-state index contributed by atoms with van der Waals surface area (Å²) in [6.07, 6.45) is 5.17. The number of nitrogens with zero attached hydrogens (tertiary/aromatic N) is 2. The number of rotatable bonds is 6. The van der Waals surface area contributed by atoms with Gasteiger partial charge in [-0.3, -0.25) is 14.3 Å². The largest absolute Gasteiger partial charge is 0.328 e. The highest BCUT2D eigenvalue weighted by Gasteiger charge is 2.13. The van der Waals surface area contributed by atoms with Crippen molar-refractivity contribution in [3.63, 3.8) is 0 Å². The Labute approximate surface area is 170 Å². The fourth-order valence-electron chi connectivity index (χ4n) is 3.95. The number of para-hydroxylation sites is 1. The van der Waals surface area contributed by atoms with Crippen molar-refractivity contribution in [2.45, 2.75) is 32.7 Å². The third-order valence-corrected chi connectivity index (χ3v) is 5.71. The van der Waals surface area contributed by atoms with E-state index >= 15 is 0 Å². The molecular formula is C24H27N3O2. The van der Waals surface area contributed by atoms with Gasteiger partial charge in [-0.1, -0.05) is 48.0 Å². The highest BCUT2D eigenvalue weighted by Crippen LogP contribution is 2.22. The SMILES string of the molecule is Cc1ccc(C2=CCN(CCCCn3c(=O)[nH]c4ccccc4c3=O)CC2)cc1. The summed E-state index contributed by atoms with van der Waals surface area (Å²) in [7, 11) is 0. The van der Waals surface area contributed by atoms with Crippen molar-refractivity contribution < 1.29 is 0 Å². The van der Waals surface area contributed by atoms with Crippen molar-refractivity contribution >= 4 is 16.5 Å². The van der Waals surface area contributed by atoms with E-state index < -0.39 is 0 Å². The van der Waals surface area contributed by atoms with Gasteiger partial charge in [0.15, 0.2) is 0 Å². The van der Waals surface area contributed by atoms with Gasteiger partial charge in [0, 0.05) is 19.6 Å². The first-order valence-electron chi connectivity index (χ1n) is 10.3. The van der Waals surface area contributed by atoms with Crippen LogP contribution in [0.1, 0.15) is 30.4 Å². The van der Waals surface area contributed by atoms with E-state index in [2.05, 4.69) is 47.1 Å². The van der Waals surface area contributed by atoms with Crippen LogP contribution in [0.2, 0.25) is 0 Å². The minimum atomic E-state index is -0.322. The lowest BCUT2D eigenvalue weighted by Gasteiger charge is -2.26. The zero-order valence-electron chi connectivity index (χ0n) is 16.9. The standard InChI is InChI=1S/C24H27N3O2/c1-18-8-10-19(11-9-18)20-12-16-26(17-13-20)14-4-5-15-27-23(28)21-6-2-3-7-22(21)25-24(27)29/h2-3,6-12H,4-5,13-17H2,1H3,(H,25,29). The van der Waals surface area contributed by atoms with Crippen LogP contribution in [-0.2, 0) is 6.54 Å². The van der Waals surface area contributed by atoms with Crippen LogP contribution in [-0.4, -0.2) is 34.1 Å². The smallest absolute Gasteiger partial charge is 0.307 e. The number of benzene rings is 2. The second-order valence-corrected chi connectivity index (χ2v) is 7.79. The second-order valence-electron chi connectivity index (χ2n) is 7.79. The first kappa shape index (κ1) is 19.4. The number of H-pyrrole nitrogens is 1. The Morgan fingerprint density at radius 1 is 0.966 bits per heavy atom. The molecule has 5 heteroatoms. The Hall–Kier alpha value is -2.92. The predicted molar refractivity (Wildman–Crippen MR) is 118 cm³/mol. The van der Waals surface area contributed by atoms with Crippen molar-refractivity contribution in [1.29, 1.82) is 0 Å². The molecule has 3 aromatic rings.